The summed E-state index contributed by atoms with van der Waals surface area (Å²) < 4.78 is 5.05. The molecule has 1 saturated carbocycles. The molecule has 0 atom stereocenters. The van der Waals surface area contributed by atoms with E-state index in [9.17, 15) is 4.79 Å². The fourth-order valence-corrected chi connectivity index (χ4v) is 1.25. The molecule has 3 nitrogen and oxygen atoms in total. The maximum atomic E-state index is 11.3. The Morgan fingerprint density at radius 2 is 2.07 bits per heavy atom. The smallest absolute Gasteiger partial charge is 0.407 e. The van der Waals surface area contributed by atoms with E-state index in [0.717, 1.165) is 18.4 Å². The van der Waals surface area contributed by atoms with Gasteiger partial charge in [-0.1, -0.05) is 30.3 Å². The van der Waals surface area contributed by atoms with Crippen LogP contribution in [0.25, 0.3) is 0 Å². The molecule has 1 aliphatic rings. The molecule has 1 aromatic carbocycles. The molecule has 0 saturated heterocycles. The Hall–Kier alpha value is -1.51. The predicted molar refractivity (Wildman–Crippen MR) is 57.1 cm³/mol. The van der Waals surface area contributed by atoms with Crippen molar-refractivity contribution >= 4 is 6.09 Å². The normalized spacial score (nSPS) is 16.9. The number of hydrogen-bond donors (Lipinski definition) is 1. The lowest BCUT2D eigenvalue weighted by Gasteiger charge is -2.11. The molecule has 15 heavy (non-hydrogen) atoms. The third kappa shape index (κ3) is 2.98. The van der Waals surface area contributed by atoms with E-state index in [1.807, 2.05) is 30.3 Å². The van der Waals surface area contributed by atoms with E-state index >= 15 is 0 Å². The summed E-state index contributed by atoms with van der Waals surface area (Å²) in [5, 5.41) is 2.73. The lowest BCUT2D eigenvalue weighted by molar-refractivity contribution is 0.136. The maximum absolute atomic E-state index is 11.3. The monoisotopic (exact) mass is 204 g/mol. The van der Waals surface area contributed by atoms with Crippen molar-refractivity contribution in [3.8, 4) is 0 Å². The van der Waals surface area contributed by atoms with Crippen LogP contribution in [0.1, 0.15) is 18.4 Å². The quantitative estimate of drug-likeness (QED) is 0.820. The minimum atomic E-state index is -0.383. The van der Waals surface area contributed by atoms with Crippen LogP contribution in [0.2, 0.25) is 0 Å². The van der Waals surface area contributed by atoms with Crippen molar-refractivity contribution in [3.63, 3.8) is 0 Å². The first-order chi connectivity index (χ1) is 7.18. The highest BCUT2D eigenvalue weighted by Gasteiger charge is 2.39. The average molecular weight is 204 g/mol. The van der Waals surface area contributed by atoms with Crippen LogP contribution in [0, 0.1) is 6.92 Å². The summed E-state index contributed by atoms with van der Waals surface area (Å²) in [7, 11) is 0. The molecule has 1 amide bonds. The van der Waals surface area contributed by atoms with Gasteiger partial charge in [0.2, 0.25) is 0 Å². The number of ether oxygens (including phenoxy) is 1. The van der Waals surface area contributed by atoms with Crippen molar-refractivity contribution in [2.45, 2.75) is 25.0 Å². The standard InChI is InChI=1S/C12H14NO2/c1-12(7-8-12)13-11(14)15-9-10-5-3-2-4-6-10/h2-6H,1,7-9H2,(H,13,14). The zero-order valence-electron chi connectivity index (χ0n) is 8.53. The topological polar surface area (TPSA) is 38.3 Å². The summed E-state index contributed by atoms with van der Waals surface area (Å²) in [5.74, 6) is 0. The Balaban J connectivity index is 1.76. The third-order valence-corrected chi connectivity index (χ3v) is 2.43. The van der Waals surface area contributed by atoms with Gasteiger partial charge in [-0.2, -0.15) is 0 Å². The summed E-state index contributed by atoms with van der Waals surface area (Å²) in [6.07, 6.45) is 1.49. The lowest BCUT2D eigenvalue weighted by atomic mass is 10.2. The van der Waals surface area contributed by atoms with Gasteiger partial charge >= 0.3 is 6.09 Å². The second-order valence-electron chi connectivity index (χ2n) is 3.97. The van der Waals surface area contributed by atoms with Crippen molar-refractivity contribution in [3.05, 3.63) is 42.8 Å². The SMILES string of the molecule is [CH2]C1(NC(=O)OCc2ccccc2)CC1. The number of carbonyl (C=O) groups excluding carboxylic acids is 1. The maximum Gasteiger partial charge on any atom is 0.407 e. The molecule has 2 rings (SSSR count). The zero-order valence-corrected chi connectivity index (χ0v) is 8.53. The van der Waals surface area contributed by atoms with Gasteiger partial charge in [0.15, 0.2) is 0 Å². The fourth-order valence-electron chi connectivity index (χ4n) is 1.25. The molecule has 1 N–H and O–H groups in total. The molecule has 79 valence electrons. The highest BCUT2D eigenvalue weighted by atomic mass is 16.5. The third-order valence-electron chi connectivity index (χ3n) is 2.43. The number of nitrogens with one attached hydrogen (secondary N) is 1. The zero-order chi connectivity index (χ0) is 10.7. The fraction of sp³-hybridized carbons (Fsp3) is 0.333. The number of hydrogen-bond acceptors (Lipinski definition) is 2. The van der Waals surface area contributed by atoms with E-state index in [0.29, 0.717) is 6.61 Å². The van der Waals surface area contributed by atoms with E-state index < -0.39 is 0 Å². The second kappa shape index (κ2) is 3.93. The summed E-state index contributed by atoms with van der Waals surface area (Å²) in [5.41, 5.74) is 0.731. The Labute approximate surface area is 89.4 Å². The molecule has 1 radical (unpaired) electrons. The van der Waals surface area contributed by atoms with Gasteiger partial charge in [-0.15, -0.1) is 0 Å². The van der Waals surface area contributed by atoms with Crippen LogP contribution in [0.5, 0.6) is 0 Å². The first-order valence-electron chi connectivity index (χ1n) is 5.02. The summed E-state index contributed by atoms with van der Waals surface area (Å²) in [6.45, 7) is 4.17. The Bertz CT molecular complexity index is 344. The molecule has 0 heterocycles. The highest BCUT2D eigenvalue weighted by molar-refractivity contribution is 5.69. The predicted octanol–water partition coefficient (Wildman–Crippen LogP) is 2.28. The summed E-state index contributed by atoms with van der Waals surface area (Å²) >= 11 is 0. The molecule has 3 heteroatoms. The first-order valence-corrected chi connectivity index (χ1v) is 5.02. The van der Waals surface area contributed by atoms with Crippen LogP contribution in [0.15, 0.2) is 30.3 Å². The van der Waals surface area contributed by atoms with Gasteiger partial charge in [-0.25, -0.2) is 4.79 Å². The molecule has 0 aromatic heterocycles. The van der Waals surface area contributed by atoms with E-state index in [1.54, 1.807) is 0 Å². The minimum absolute atomic E-state index is 0.256. The van der Waals surface area contributed by atoms with Gasteiger partial charge in [0.1, 0.15) is 6.61 Å². The second-order valence-corrected chi connectivity index (χ2v) is 3.97. The van der Waals surface area contributed by atoms with E-state index in [2.05, 4.69) is 12.2 Å². The Morgan fingerprint density at radius 3 is 2.67 bits per heavy atom. The average Bonchev–Trinajstić information content (AvgIpc) is 2.95. The largest absolute Gasteiger partial charge is 0.445 e. The number of carbonyl (C=O) groups is 1. The van der Waals surface area contributed by atoms with Crippen molar-refractivity contribution in [1.29, 1.82) is 0 Å². The van der Waals surface area contributed by atoms with Gasteiger partial charge in [-0.3, -0.25) is 0 Å². The van der Waals surface area contributed by atoms with Gasteiger partial charge < -0.3 is 10.1 Å². The van der Waals surface area contributed by atoms with E-state index in [-0.39, 0.29) is 11.6 Å². The summed E-state index contributed by atoms with van der Waals surface area (Å²) in [6, 6.07) is 9.61. The number of amides is 1. The van der Waals surface area contributed by atoms with Crippen LogP contribution in [0.4, 0.5) is 4.79 Å². The van der Waals surface area contributed by atoms with Gasteiger partial charge in [-0.05, 0) is 25.3 Å². The molecule has 0 spiro atoms. The van der Waals surface area contributed by atoms with Crippen LogP contribution in [-0.2, 0) is 11.3 Å². The van der Waals surface area contributed by atoms with Crippen LogP contribution >= 0.6 is 0 Å². The lowest BCUT2D eigenvalue weighted by Crippen LogP contribution is -2.34. The number of benzene rings is 1. The molecule has 0 unspecified atom stereocenters. The van der Waals surface area contributed by atoms with Crippen molar-refractivity contribution in [2.75, 3.05) is 0 Å². The first kappa shape index (κ1) is 10.0. The van der Waals surface area contributed by atoms with Crippen LogP contribution in [-0.4, -0.2) is 11.6 Å². The van der Waals surface area contributed by atoms with Crippen molar-refractivity contribution in [2.24, 2.45) is 0 Å². The Kier molecular flexibility index (Phi) is 2.62. The molecule has 1 aromatic rings. The van der Waals surface area contributed by atoms with Crippen LogP contribution < -0.4 is 5.32 Å². The molecule has 1 aliphatic carbocycles. The van der Waals surface area contributed by atoms with E-state index in [1.165, 1.54) is 0 Å². The highest BCUT2D eigenvalue weighted by Crippen LogP contribution is 2.33. The number of alkyl carbamates (subject to hydrolysis) is 1. The van der Waals surface area contributed by atoms with Crippen molar-refractivity contribution in [1.82, 2.24) is 5.32 Å². The molecule has 0 bridgehead atoms. The molecule has 0 aliphatic heterocycles. The van der Waals surface area contributed by atoms with Crippen LogP contribution in [0.3, 0.4) is 0 Å². The van der Waals surface area contributed by atoms with Gasteiger partial charge in [0.25, 0.3) is 0 Å². The number of rotatable bonds is 3. The van der Waals surface area contributed by atoms with Gasteiger partial charge in [0.05, 0.1) is 0 Å². The van der Waals surface area contributed by atoms with E-state index in [4.69, 9.17) is 4.74 Å². The molecular weight excluding hydrogens is 190 g/mol. The molecule has 1 fully saturated rings. The summed E-state index contributed by atoms with van der Waals surface area (Å²) in [4.78, 5) is 11.3. The minimum Gasteiger partial charge on any atom is -0.445 e. The van der Waals surface area contributed by atoms with Crippen molar-refractivity contribution < 1.29 is 9.53 Å². The van der Waals surface area contributed by atoms with Gasteiger partial charge in [0, 0.05) is 5.54 Å². The molecular formula is C12H14NO2. The Morgan fingerprint density at radius 1 is 1.40 bits per heavy atom.